The second-order valence-corrected chi connectivity index (χ2v) is 7.28. The smallest absolute Gasteiger partial charge is 0.325 e. The van der Waals surface area contributed by atoms with Crippen LogP contribution in [0.2, 0.25) is 0 Å². The first kappa shape index (κ1) is 19.7. The minimum absolute atomic E-state index is 0.183. The standard InChI is InChI=1S/C23H23N3O4/c1-15(27)25(12-11-16-13-24-19-9-5-3-7-17(16)19)22-18-8-4-6-10-20(18)26(23(22)29)14-21(28)30-2/h3-10,13,22,24H,11-12,14H2,1-2H3. The molecule has 4 rings (SSSR count). The van der Waals surface area contributed by atoms with E-state index in [2.05, 4.69) is 4.98 Å². The minimum atomic E-state index is -0.756. The van der Waals surface area contributed by atoms with Gasteiger partial charge in [-0.2, -0.15) is 0 Å². The van der Waals surface area contributed by atoms with Crippen molar-refractivity contribution in [2.45, 2.75) is 19.4 Å². The van der Waals surface area contributed by atoms with Gasteiger partial charge in [-0.05, 0) is 24.1 Å². The molecule has 2 aromatic carbocycles. The largest absolute Gasteiger partial charge is 0.468 e. The first-order chi connectivity index (χ1) is 14.5. The molecule has 7 heteroatoms. The monoisotopic (exact) mass is 405 g/mol. The summed E-state index contributed by atoms with van der Waals surface area (Å²) >= 11 is 0. The number of esters is 1. The normalized spacial score (nSPS) is 15.3. The molecule has 154 valence electrons. The molecule has 1 aliphatic rings. The number of anilines is 1. The molecule has 30 heavy (non-hydrogen) atoms. The number of H-pyrrole nitrogens is 1. The molecule has 0 saturated carbocycles. The van der Waals surface area contributed by atoms with Crippen LogP contribution in [0.3, 0.4) is 0 Å². The van der Waals surface area contributed by atoms with Gasteiger partial charge in [-0.25, -0.2) is 0 Å². The van der Waals surface area contributed by atoms with Crippen molar-refractivity contribution in [2.75, 3.05) is 25.1 Å². The van der Waals surface area contributed by atoms with Crippen LogP contribution >= 0.6 is 0 Å². The average Bonchev–Trinajstić information content (AvgIpc) is 3.28. The number of ether oxygens (including phenoxy) is 1. The average molecular weight is 405 g/mol. The number of amides is 2. The van der Waals surface area contributed by atoms with Crippen LogP contribution in [0.5, 0.6) is 0 Å². The van der Waals surface area contributed by atoms with Gasteiger partial charge >= 0.3 is 5.97 Å². The Morgan fingerprint density at radius 2 is 1.87 bits per heavy atom. The fourth-order valence-corrected chi connectivity index (χ4v) is 4.07. The third kappa shape index (κ3) is 3.43. The van der Waals surface area contributed by atoms with Crippen LogP contribution in [0, 0.1) is 0 Å². The first-order valence-electron chi connectivity index (χ1n) is 9.80. The van der Waals surface area contributed by atoms with Gasteiger partial charge in [0.1, 0.15) is 12.6 Å². The second kappa shape index (κ2) is 8.02. The second-order valence-electron chi connectivity index (χ2n) is 7.28. The van der Waals surface area contributed by atoms with Crippen LogP contribution in [0.4, 0.5) is 5.69 Å². The molecule has 1 aliphatic heterocycles. The van der Waals surface area contributed by atoms with Crippen LogP contribution in [0.15, 0.2) is 54.7 Å². The highest BCUT2D eigenvalue weighted by atomic mass is 16.5. The van der Waals surface area contributed by atoms with Gasteiger partial charge < -0.3 is 14.6 Å². The molecule has 1 atom stereocenters. The summed E-state index contributed by atoms with van der Waals surface area (Å²) in [4.78, 5) is 43.9. The molecule has 2 amide bonds. The fraction of sp³-hybridized carbons (Fsp3) is 0.261. The SMILES string of the molecule is COC(=O)CN1C(=O)C(N(CCc2c[nH]c3ccccc23)C(C)=O)c2ccccc21. The topological polar surface area (TPSA) is 82.7 Å². The lowest BCUT2D eigenvalue weighted by molar-refractivity contribution is -0.141. The maximum Gasteiger partial charge on any atom is 0.325 e. The third-order valence-electron chi connectivity index (χ3n) is 5.55. The number of hydrogen-bond acceptors (Lipinski definition) is 4. The van der Waals surface area contributed by atoms with Gasteiger partial charge in [0.15, 0.2) is 0 Å². The molecule has 7 nitrogen and oxygen atoms in total. The Balaban J connectivity index is 1.62. The molecule has 0 fully saturated rings. The number of methoxy groups -OCH3 is 1. The van der Waals surface area contributed by atoms with Gasteiger partial charge in [-0.3, -0.25) is 19.3 Å². The van der Waals surface area contributed by atoms with E-state index >= 15 is 0 Å². The molecule has 0 aliphatic carbocycles. The Labute approximate surface area is 174 Å². The van der Waals surface area contributed by atoms with E-state index in [0.29, 0.717) is 18.7 Å². The number of nitrogens with one attached hydrogen (secondary N) is 1. The lowest BCUT2D eigenvalue weighted by Crippen LogP contribution is -2.42. The van der Waals surface area contributed by atoms with Crippen molar-refractivity contribution >= 4 is 34.4 Å². The van der Waals surface area contributed by atoms with Gasteiger partial charge in [0.2, 0.25) is 5.91 Å². The van der Waals surface area contributed by atoms with Gasteiger partial charge in [0.25, 0.3) is 5.91 Å². The number of carbonyl (C=O) groups excluding carboxylic acids is 3. The Bertz CT molecular complexity index is 1120. The highest BCUT2D eigenvalue weighted by Crippen LogP contribution is 2.39. The number of hydrogen-bond donors (Lipinski definition) is 1. The van der Waals surface area contributed by atoms with Crippen molar-refractivity contribution in [1.82, 2.24) is 9.88 Å². The zero-order valence-corrected chi connectivity index (χ0v) is 16.9. The van der Waals surface area contributed by atoms with E-state index < -0.39 is 12.0 Å². The lowest BCUT2D eigenvalue weighted by Gasteiger charge is -2.27. The molecule has 0 radical (unpaired) electrons. The fourth-order valence-electron chi connectivity index (χ4n) is 4.07. The van der Waals surface area contributed by atoms with E-state index in [4.69, 9.17) is 4.74 Å². The predicted molar refractivity (Wildman–Crippen MR) is 113 cm³/mol. The lowest BCUT2D eigenvalue weighted by atomic mass is 10.0. The Morgan fingerprint density at radius 1 is 1.13 bits per heavy atom. The zero-order chi connectivity index (χ0) is 21.3. The summed E-state index contributed by atoms with van der Waals surface area (Å²) < 4.78 is 4.74. The van der Waals surface area contributed by atoms with Crippen molar-refractivity contribution in [3.63, 3.8) is 0 Å². The molecule has 0 bridgehead atoms. The highest BCUT2D eigenvalue weighted by molar-refractivity contribution is 6.08. The molecule has 0 spiro atoms. The Hall–Kier alpha value is -3.61. The molecule has 1 aromatic heterocycles. The summed E-state index contributed by atoms with van der Waals surface area (Å²) in [7, 11) is 1.29. The first-order valence-corrected chi connectivity index (χ1v) is 9.80. The minimum Gasteiger partial charge on any atom is -0.468 e. The molecule has 0 saturated heterocycles. The Kier molecular flexibility index (Phi) is 5.27. The third-order valence-corrected chi connectivity index (χ3v) is 5.55. The number of aromatic nitrogens is 1. The summed E-state index contributed by atoms with van der Waals surface area (Å²) in [5.41, 5.74) is 3.48. The summed E-state index contributed by atoms with van der Waals surface area (Å²) in [6.07, 6.45) is 2.55. The van der Waals surface area contributed by atoms with E-state index in [1.807, 2.05) is 48.7 Å². The van der Waals surface area contributed by atoms with Gasteiger partial charge in [-0.1, -0.05) is 36.4 Å². The van der Waals surface area contributed by atoms with E-state index in [0.717, 1.165) is 22.0 Å². The number of para-hydroxylation sites is 2. The number of aromatic amines is 1. The highest BCUT2D eigenvalue weighted by Gasteiger charge is 2.42. The predicted octanol–water partition coefficient (Wildman–Crippen LogP) is 2.82. The number of nitrogens with zero attached hydrogens (tertiary/aromatic N) is 2. The van der Waals surface area contributed by atoms with Gasteiger partial charge in [-0.15, -0.1) is 0 Å². The molecule has 1 unspecified atom stereocenters. The van der Waals surface area contributed by atoms with Crippen LogP contribution in [0.1, 0.15) is 24.1 Å². The summed E-state index contributed by atoms with van der Waals surface area (Å²) in [5.74, 6) is -0.995. The maximum absolute atomic E-state index is 13.3. The van der Waals surface area contributed by atoms with Crippen molar-refractivity contribution in [3.8, 4) is 0 Å². The molecule has 2 heterocycles. The van der Waals surface area contributed by atoms with E-state index in [1.54, 1.807) is 11.0 Å². The van der Waals surface area contributed by atoms with Gasteiger partial charge in [0.05, 0.1) is 12.8 Å². The Morgan fingerprint density at radius 3 is 2.63 bits per heavy atom. The number of rotatable bonds is 6. The summed E-state index contributed by atoms with van der Waals surface area (Å²) in [5, 5.41) is 1.10. The molecular formula is C23H23N3O4. The van der Waals surface area contributed by atoms with E-state index in [9.17, 15) is 14.4 Å². The maximum atomic E-state index is 13.3. The summed E-state index contributed by atoms with van der Waals surface area (Å²) in [6.45, 7) is 1.67. The van der Waals surface area contributed by atoms with Crippen molar-refractivity contribution in [3.05, 3.63) is 65.9 Å². The van der Waals surface area contributed by atoms with Crippen LogP contribution in [0.25, 0.3) is 10.9 Å². The van der Waals surface area contributed by atoms with Crippen LogP contribution in [-0.4, -0.2) is 47.9 Å². The number of benzene rings is 2. The quantitative estimate of drug-likeness (QED) is 0.640. The van der Waals surface area contributed by atoms with Gasteiger partial charge in [0, 0.05) is 36.1 Å². The molecule has 1 N–H and O–H groups in total. The molecular weight excluding hydrogens is 382 g/mol. The number of carbonyl (C=O) groups is 3. The van der Waals surface area contributed by atoms with Crippen LogP contribution < -0.4 is 4.90 Å². The zero-order valence-electron chi connectivity index (χ0n) is 16.9. The van der Waals surface area contributed by atoms with Crippen LogP contribution in [-0.2, 0) is 25.5 Å². The van der Waals surface area contributed by atoms with E-state index in [1.165, 1.54) is 18.9 Å². The number of fused-ring (bicyclic) bond motifs is 2. The van der Waals surface area contributed by atoms with E-state index in [-0.39, 0.29) is 18.4 Å². The molecule has 3 aromatic rings. The van der Waals surface area contributed by atoms with Crippen molar-refractivity contribution in [1.29, 1.82) is 0 Å². The van der Waals surface area contributed by atoms with Crippen molar-refractivity contribution in [2.24, 2.45) is 0 Å². The van der Waals surface area contributed by atoms with Crippen molar-refractivity contribution < 1.29 is 19.1 Å². The summed E-state index contributed by atoms with van der Waals surface area (Å²) in [6, 6.07) is 14.5.